The van der Waals surface area contributed by atoms with E-state index in [2.05, 4.69) is 5.32 Å². The third-order valence-corrected chi connectivity index (χ3v) is 2.56. The zero-order valence-corrected chi connectivity index (χ0v) is 10.9. The number of hydrogen-bond acceptors (Lipinski definition) is 4. The van der Waals surface area contributed by atoms with Crippen LogP contribution in [0.3, 0.4) is 0 Å². The van der Waals surface area contributed by atoms with Gasteiger partial charge < -0.3 is 21.3 Å². The third-order valence-electron chi connectivity index (χ3n) is 2.56. The fraction of sp³-hybridized carbons (Fsp3) is 0.385. The van der Waals surface area contributed by atoms with Crippen LogP contribution in [0, 0.1) is 0 Å². The lowest BCUT2D eigenvalue weighted by molar-refractivity contribution is -0.142. The van der Waals surface area contributed by atoms with Crippen LogP contribution in [0.1, 0.15) is 19.4 Å². The van der Waals surface area contributed by atoms with Crippen molar-refractivity contribution in [1.82, 2.24) is 5.32 Å². The van der Waals surface area contributed by atoms with Crippen molar-refractivity contribution in [2.75, 3.05) is 0 Å². The van der Waals surface area contributed by atoms with Gasteiger partial charge in [-0.2, -0.15) is 0 Å². The van der Waals surface area contributed by atoms with E-state index in [-0.39, 0.29) is 12.2 Å². The van der Waals surface area contributed by atoms with Gasteiger partial charge >= 0.3 is 5.97 Å². The van der Waals surface area contributed by atoms with Crippen LogP contribution in [0.4, 0.5) is 0 Å². The molecule has 0 aliphatic carbocycles. The largest absolute Gasteiger partial charge is 0.508 e. The Balaban J connectivity index is 2.77. The molecule has 6 heteroatoms. The second-order valence-electron chi connectivity index (χ2n) is 4.96. The van der Waals surface area contributed by atoms with E-state index in [1.54, 1.807) is 12.1 Å². The second kappa shape index (κ2) is 5.71. The number of nitrogens with one attached hydrogen (secondary N) is 1. The molecule has 0 aromatic heterocycles. The Morgan fingerprint density at radius 1 is 1.32 bits per heavy atom. The standard InChI is InChI=1S/C13H18N2O4/c1-13(2,14)12(19)15-10(11(17)18)7-8-3-5-9(16)6-4-8/h3-6,10,16H,7,14H2,1-2H3,(H,15,19)(H,17,18). The summed E-state index contributed by atoms with van der Waals surface area (Å²) in [7, 11) is 0. The molecule has 19 heavy (non-hydrogen) atoms. The number of carbonyl (C=O) groups is 2. The predicted octanol–water partition coefficient (Wildman–Crippen LogP) is 0.241. The summed E-state index contributed by atoms with van der Waals surface area (Å²) in [5, 5.41) is 20.6. The van der Waals surface area contributed by atoms with Gasteiger partial charge in [-0.3, -0.25) is 4.79 Å². The summed E-state index contributed by atoms with van der Waals surface area (Å²) >= 11 is 0. The Morgan fingerprint density at radius 2 is 1.84 bits per heavy atom. The van der Waals surface area contributed by atoms with Crippen LogP contribution in [0.5, 0.6) is 5.75 Å². The maximum Gasteiger partial charge on any atom is 0.326 e. The average molecular weight is 266 g/mol. The number of carboxylic acids is 1. The maximum absolute atomic E-state index is 11.7. The highest BCUT2D eigenvalue weighted by atomic mass is 16.4. The van der Waals surface area contributed by atoms with Crippen molar-refractivity contribution in [1.29, 1.82) is 0 Å². The van der Waals surface area contributed by atoms with Crippen LogP contribution in [0.2, 0.25) is 0 Å². The summed E-state index contributed by atoms with van der Waals surface area (Å²) in [5.74, 6) is -1.56. The number of phenolic OH excluding ortho intramolecular Hbond substituents is 1. The topological polar surface area (TPSA) is 113 Å². The van der Waals surface area contributed by atoms with Gasteiger partial charge in [-0.1, -0.05) is 12.1 Å². The molecule has 0 aliphatic rings. The van der Waals surface area contributed by atoms with Gasteiger partial charge in [0.15, 0.2) is 0 Å². The van der Waals surface area contributed by atoms with Crippen molar-refractivity contribution in [2.45, 2.75) is 31.8 Å². The summed E-state index contributed by atoms with van der Waals surface area (Å²) in [6, 6.07) is 5.07. The number of amides is 1. The van der Waals surface area contributed by atoms with Crippen LogP contribution in [0.15, 0.2) is 24.3 Å². The van der Waals surface area contributed by atoms with Crippen molar-refractivity contribution in [3.63, 3.8) is 0 Å². The highest BCUT2D eigenvalue weighted by molar-refractivity contribution is 5.89. The lowest BCUT2D eigenvalue weighted by Crippen LogP contribution is -2.54. The summed E-state index contributed by atoms with van der Waals surface area (Å²) < 4.78 is 0. The Morgan fingerprint density at radius 3 is 2.26 bits per heavy atom. The molecule has 5 N–H and O–H groups in total. The summed E-state index contributed by atoms with van der Waals surface area (Å²) in [6.07, 6.45) is 0.122. The van der Waals surface area contributed by atoms with Gasteiger partial charge in [0.05, 0.1) is 5.54 Å². The molecule has 0 heterocycles. The van der Waals surface area contributed by atoms with Gasteiger partial charge in [0.25, 0.3) is 0 Å². The zero-order chi connectivity index (χ0) is 14.6. The molecular formula is C13H18N2O4. The SMILES string of the molecule is CC(C)(N)C(=O)NC(Cc1ccc(O)cc1)C(=O)O. The van der Waals surface area contributed by atoms with E-state index >= 15 is 0 Å². The van der Waals surface area contributed by atoms with E-state index in [1.165, 1.54) is 26.0 Å². The fourth-order valence-electron chi connectivity index (χ4n) is 1.41. The Hall–Kier alpha value is -2.08. The number of nitrogens with two attached hydrogens (primary N) is 1. The highest BCUT2D eigenvalue weighted by Crippen LogP contribution is 2.11. The van der Waals surface area contributed by atoms with E-state index in [0.29, 0.717) is 5.56 Å². The lowest BCUT2D eigenvalue weighted by atomic mass is 10.0. The quantitative estimate of drug-likeness (QED) is 0.610. The van der Waals surface area contributed by atoms with Crippen molar-refractivity contribution < 1.29 is 19.8 Å². The molecule has 0 spiro atoms. The minimum Gasteiger partial charge on any atom is -0.508 e. The van der Waals surface area contributed by atoms with Gasteiger partial charge in [-0.05, 0) is 31.5 Å². The van der Waals surface area contributed by atoms with Crippen LogP contribution in [-0.4, -0.2) is 33.7 Å². The predicted molar refractivity (Wildman–Crippen MR) is 69.6 cm³/mol. The van der Waals surface area contributed by atoms with E-state index in [0.717, 1.165) is 0 Å². The normalized spacial score (nSPS) is 12.8. The molecule has 0 fully saturated rings. The number of carbonyl (C=O) groups excluding carboxylic acids is 1. The van der Waals surface area contributed by atoms with Crippen molar-refractivity contribution in [3.8, 4) is 5.75 Å². The number of aromatic hydroxyl groups is 1. The van der Waals surface area contributed by atoms with Crippen molar-refractivity contribution in [3.05, 3.63) is 29.8 Å². The highest BCUT2D eigenvalue weighted by Gasteiger charge is 2.27. The first-order valence-electron chi connectivity index (χ1n) is 5.80. The molecular weight excluding hydrogens is 248 g/mol. The first-order chi connectivity index (χ1) is 8.70. The molecule has 1 aromatic rings. The monoisotopic (exact) mass is 266 g/mol. The van der Waals surface area contributed by atoms with E-state index in [1.807, 2.05) is 0 Å². The van der Waals surface area contributed by atoms with Crippen LogP contribution >= 0.6 is 0 Å². The molecule has 1 unspecified atom stereocenters. The van der Waals surface area contributed by atoms with Gasteiger partial charge in [-0.25, -0.2) is 4.79 Å². The van der Waals surface area contributed by atoms with E-state index < -0.39 is 23.5 Å². The summed E-state index contributed by atoms with van der Waals surface area (Å²) in [6.45, 7) is 3.00. The number of carboxylic acid groups (broad SMARTS) is 1. The molecule has 6 nitrogen and oxygen atoms in total. The van der Waals surface area contributed by atoms with E-state index in [4.69, 9.17) is 15.9 Å². The van der Waals surface area contributed by atoms with Gasteiger partial charge in [0.1, 0.15) is 11.8 Å². The Bertz CT molecular complexity index is 463. The number of rotatable bonds is 5. The third kappa shape index (κ3) is 4.59. The fourth-order valence-corrected chi connectivity index (χ4v) is 1.41. The molecule has 0 saturated carbocycles. The molecule has 0 radical (unpaired) electrons. The van der Waals surface area contributed by atoms with E-state index in [9.17, 15) is 9.59 Å². The molecule has 1 atom stereocenters. The van der Waals surface area contributed by atoms with Crippen LogP contribution < -0.4 is 11.1 Å². The summed E-state index contributed by atoms with van der Waals surface area (Å²) in [5.41, 5.74) is 5.16. The van der Waals surface area contributed by atoms with Crippen LogP contribution in [0.25, 0.3) is 0 Å². The first-order valence-corrected chi connectivity index (χ1v) is 5.80. The molecule has 1 amide bonds. The number of aliphatic carboxylic acids is 1. The Labute approximate surface area is 111 Å². The molecule has 0 bridgehead atoms. The Kier molecular flexibility index (Phi) is 4.50. The lowest BCUT2D eigenvalue weighted by Gasteiger charge is -2.22. The average Bonchev–Trinajstić information content (AvgIpc) is 2.29. The van der Waals surface area contributed by atoms with Gasteiger partial charge in [0, 0.05) is 6.42 Å². The van der Waals surface area contributed by atoms with Crippen LogP contribution in [-0.2, 0) is 16.0 Å². The molecule has 1 aromatic carbocycles. The number of benzene rings is 1. The van der Waals surface area contributed by atoms with Gasteiger partial charge in [-0.15, -0.1) is 0 Å². The van der Waals surface area contributed by atoms with Crippen molar-refractivity contribution >= 4 is 11.9 Å². The number of hydrogen-bond donors (Lipinski definition) is 4. The molecule has 0 saturated heterocycles. The first kappa shape index (κ1) is 15.0. The van der Waals surface area contributed by atoms with Crippen molar-refractivity contribution in [2.24, 2.45) is 5.73 Å². The molecule has 0 aliphatic heterocycles. The minimum absolute atomic E-state index is 0.0998. The minimum atomic E-state index is -1.14. The molecule has 104 valence electrons. The number of phenols is 1. The second-order valence-corrected chi connectivity index (χ2v) is 4.96. The summed E-state index contributed by atoms with van der Waals surface area (Å²) in [4.78, 5) is 22.8. The smallest absolute Gasteiger partial charge is 0.326 e. The zero-order valence-electron chi connectivity index (χ0n) is 10.9. The van der Waals surface area contributed by atoms with Gasteiger partial charge in [0.2, 0.25) is 5.91 Å². The molecule has 1 rings (SSSR count). The maximum atomic E-state index is 11.7.